The molecule has 1 fully saturated rings. The lowest BCUT2D eigenvalue weighted by molar-refractivity contribution is -0.141. The third-order valence-electron chi connectivity index (χ3n) is 4.84. The third kappa shape index (κ3) is 6.37. The molecule has 0 aromatic rings. The van der Waals surface area contributed by atoms with Crippen LogP contribution in [0.3, 0.4) is 0 Å². The highest BCUT2D eigenvalue weighted by Gasteiger charge is 2.26. The van der Waals surface area contributed by atoms with Crippen LogP contribution in [0.4, 0.5) is 4.79 Å². The topological polar surface area (TPSA) is 72.9 Å². The molecule has 0 saturated carbocycles. The maximum atomic E-state index is 12.2. The Morgan fingerprint density at radius 2 is 1.83 bits per heavy atom. The molecule has 0 spiro atoms. The van der Waals surface area contributed by atoms with Gasteiger partial charge >= 0.3 is 12.0 Å². The van der Waals surface area contributed by atoms with Crippen molar-refractivity contribution >= 4 is 12.0 Å². The Hall–Kier alpha value is -1.30. The summed E-state index contributed by atoms with van der Waals surface area (Å²) in [6.45, 7) is 11.3. The predicted octanol–water partition coefficient (Wildman–Crippen LogP) is 2.10. The zero-order chi connectivity index (χ0) is 17.6. The van der Waals surface area contributed by atoms with Crippen molar-refractivity contribution in [3.8, 4) is 0 Å². The first-order valence-corrected chi connectivity index (χ1v) is 8.68. The fraction of sp³-hybridized carbons (Fsp3) is 0.882. The number of nitrogens with zero attached hydrogens (tertiary/aromatic N) is 2. The highest BCUT2D eigenvalue weighted by atomic mass is 16.4. The number of amides is 2. The first kappa shape index (κ1) is 19.7. The monoisotopic (exact) mass is 327 g/mol. The van der Waals surface area contributed by atoms with Gasteiger partial charge in [-0.2, -0.15) is 0 Å². The molecule has 0 aromatic heterocycles. The molecule has 1 saturated heterocycles. The van der Waals surface area contributed by atoms with Crippen LogP contribution in [0.2, 0.25) is 0 Å². The molecule has 1 heterocycles. The number of carboxylic acid groups (broad SMARTS) is 1. The number of aliphatic carboxylic acids is 1. The summed E-state index contributed by atoms with van der Waals surface area (Å²) in [5.41, 5.74) is 0. The van der Waals surface area contributed by atoms with Crippen LogP contribution in [0.1, 0.15) is 40.5 Å². The van der Waals surface area contributed by atoms with Crippen molar-refractivity contribution < 1.29 is 14.7 Å². The molecule has 2 atom stereocenters. The maximum absolute atomic E-state index is 12.2. The minimum absolute atomic E-state index is 0.200. The van der Waals surface area contributed by atoms with E-state index in [4.69, 9.17) is 5.11 Å². The van der Waals surface area contributed by atoms with Gasteiger partial charge in [-0.3, -0.25) is 9.69 Å². The van der Waals surface area contributed by atoms with Crippen LogP contribution in [0.25, 0.3) is 0 Å². The number of carbonyl (C=O) groups is 2. The summed E-state index contributed by atoms with van der Waals surface area (Å²) in [6, 6.07) is 0.130. The molecule has 2 amide bonds. The van der Waals surface area contributed by atoms with Crippen molar-refractivity contribution in [3.05, 3.63) is 0 Å². The van der Waals surface area contributed by atoms with Gasteiger partial charge in [0.2, 0.25) is 0 Å². The van der Waals surface area contributed by atoms with Gasteiger partial charge in [-0.25, -0.2) is 4.79 Å². The normalized spacial score (nSPS) is 19.4. The van der Waals surface area contributed by atoms with Crippen LogP contribution in [0.5, 0.6) is 0 Å². The number of hydrogen-bond donors (Lipinski definition) is 2. The number of carboxylic acids is 1. The van der Waals surface area contributed by atoms with E-state index in [-0.39, 0.29) is 12.6 Å². The van der Waals surface area contributed by atoms with E-state index in [2.05, 4.69) is 31.0 Å². The van der Waals surface area contributed by atoms with Crippen LogP contribution in [0, 0.1) is 17.8 Å². The molecular formula is C17H33N3O3. The molecule has 134 valence electrons. The number of urea groups is 1. The van der Waals surface area contributed by atoms with Gasteiger partial charge in [0.05, 0.1) is 5.92 Å². The average Bonchev–Trinajstić information content (AvgIpc) is 2.48. The second-order valence-electron chi connectivity index (χ2n) is 7.34. The highest BCUT2D eigenvalue weighted by molar-refractivity contribution is 5.75. The van der Waals surface area contributed by atoms with Gasteiger partial charge in [0.15, 0.2) is 0 Å². The van der Waals surface area contributed by atoms with Gasteiger partial charge in [-0.15, -0.1) is 0 Å². The molecule has 6 nitrogen and oxygen atoms in total. The second kappa shape index (κ2) is 9.11. The van der Waals surface area contributed by atoms with Crippen LogP contribution in [-0.2, 0) is 4.79 Å². The summed E-state index contributed by atoms with van der Waals surface area (Å²) in [5.74, 6) is -0.188. The molecular weight excluding hydrogens is 294 g/mol. The van der Waals surface area contributed by atoms with Crippen molar-refractivity contribution in [1.82, 2.24) is 15.1 Å². The third-order valence-corrected chi connectivity index (χ3v) is 4.84. The molecule has 0 aliphatic carbocycles. The van der Waals surface area contributed by atoms with E-state index < -0.39 is 11.9 Å². The van der Waals surface area contributed by atoms with E-state index in [1.165, 1.54) is 17.7 Å². The van der Waals surface area contributed by atoms with E-state index in [1.54, 1.807) is 14.0 Å². The van der Waals surface area contributed by atoms with Gasteiger partial charge in [-0.05, 0) is 37.8 Å². The van der Waals surface area contributed by atoms with Gasteiger partial charge in [0.25, 0.3) is 0 Å². The highest BCUT2D eigenvalue weighted by Crippen LogP contribution is 2.21. The van der Waals surface area contributed by atoms with Crippen LogP contribution < -0.4 is 5.32 Å². The summed E-state index contributed by atoms with van der Waals surface area (Å²) in [7, 11) is 1.64. The molecule has 1 aliphatic rings. The summed E-state index contributed by atoms with van der Waals surface area (Å²) in [4.78, 5) is 27.0. The molecule has 0 bridgehead atoms. The summed E-state index contributed by atoms with van der Waals surface area (Å²) >= 11 is 0. The number of nitrogens with one attached hydrogen (secondary N) is 1. The minimum Gasteiger partial charge on any atom is -0.481 e. The summed E-state index contributed by atoms with van der Waals surface area (Å²) in [5, 5.41) is 11.9. The Bertz CT molecular complexity index is 393. The van der Waals surface area contributed by atoms with E-state index in [1.807, 2.05) is 0 Å². The van der Waals surface area contributed by atoms with Crippen molar-refractivity contribution in [3.63, 3.8) is 0 Å². The average molecular weight is 327 g/mol. The number of rotatable bonds is 7. The standard InChI is InChI=1S/C17H33N3O3/c1-12(2)15(20-8-6-13(3)7-9-20)10-18-17(23)19(5)11-14(4)16(21)22/h12-15H,6-11H2,1-5H3,(H,18,23)(H,21,22). The van der Waals surface area contributed by atoms with Crippen molar-refractivity contribution in [2.75, 3.05) is 33.2 Å². The first-order chi connectivity index (χ1) is 10.7. The largest absolute Gasteiger partial charge is 0.481 e. The number of piperidine rings is 1. The Balaban J connectivity index is 2.48. The quantitative estimate of drug-likeness (QED) is 0.751. The zero-order valence-corrected chi connectivity index (χ0v) is 15.2. The fourth-order valence-electron chi connectivity index (χ4n) is 3.05. The minimum atomic E-state index is -0.882. The summed E-state index contributed by atoms with van der Waals surface area (Å²) < 4.78 is 0. The molecule has 2 unspecified atom stereocenters. The Morgan fingerprint density at radius 3 is 2.30 bits per heavy atom. The number of carbonyl (C=O) groups excluding carboxylic acids is 1. The van der Waals surface area contributed by atoms with Crippen molar-refractivity contribution in [1.29, 1.82) is 0 Å². The molecule has 1 aliphatic heterocycles. The predicted molar refractivity (Wildman–Crippen MR) is 91.4 cm³/mol. The first-order valence-electron chi connectivity index (χ1n) is 8.68. The van der Waals surface area contributed by atoms with Gasteiger partial charge in [0.1, 0.15) is 0 Å². The zero-order valence-electron chi connectivity index (χ0n) is 15.2. The van der Waals surface area contributed by atoms with Crippen molar-refractivity contribution in [2.45, 2.75) is 46.6 Å². The molecule has 0 radical (unpaired) electrons. The van der Waals surface area contributed by atoms with E-state index in [9.17, 15) is 9.59 Å². The SMILES string of the molecule is CC1CCN(C(CNC(=O)N(C)CC(C)C(=O)O)C(C)C)CC1. The van der Waals surface area contributed by atoms with Gasteiger partial charge in [-0.1, -0.05) is 27.7 Å². The lowest BCUT2D eigenvalue weighted by Gasteiger charge is -2.39. The maximum Gasteiger partial charge on any atom is 0.317 e. The Labute approximate surface area is 140 Å². The van der Waals surface area contributed by atoms with Gasteiger partial charge < -0.3 is 15.3 Å². The molecule has 6 heteroatoms. The second-order valence-corrected chi connectivity index (χ2v) is 7.34. The number of likely N-dealkylation sites (tertiary alicyclic amines) is 1. The molecule has 2 N–H and O–H groups in total. The van der Waals surface area contributed by atoms with Crippen LogP contribution in [0.15, 0.2) is 0 Å². The van der Waals surface area contributed by atoms with Crippen molar-refractivity contribution in [2.24, 2.45) is 17.8 Å². The van der Waals surface area contributed by atoms with Crippen LogP contribution >= 0.6 is 0 Å². The van der Waals surface area contributed by atoms with Crippen LogP contribution in [-0.4, -0.2) is 66.2 Å². The Morgan fingerprint density at radius 1 is 1.26 bits per heavy atom. The lowest BCUT2D eigenvalue weighted by atomic mass is 9.94. The summed E-state index contributed by atoms with van der Waals surface area (Å²) in [6.07, 6.45) is 2.43. The molecule has 0 aromatic carbocycles. The Kier molecular flexibility index (Phi) is 7.82. The molecule has 23 heavy (non-hydrogen) atoms. The fourth-order valence-corrected chi connectivity index (χ4v) is 3.05. The van der Waals surface area contributed by atoms with E-state index in [0.717, 1.165) is 19.0 Å². The molecule has 1 rings (SSSR count). The van der Waals surface area contributed by atoms with E-state index >= 15 is 0 Å². The van der Waals surface area contributed by atoms with Gasteiger partial charge in [0, 0.05) is 26.2 Å². The number of hydrogen-bond acceptors (Lipinski definition) is 3. The van der Waals surface area contributed by atoms with E-state index in [0.29, 0.717) is 18.5 Å². The lowest BCUT2D eigenvalue weighted by Crippen LogP contribution is -2.51. The smallest absolute Gasteiger partial charge is 0.317 e.